The van der Waals surface area contributed by atoms with E-state index in [1.165, 1.54) is 17.3 Å². The van der Waals surface area contributed by atoms with Gasteiger partial charge >= 0.3 is 0 Å². The zero-order valence-electron chi connectivity index (χ0n) is 17.9. The number of carbonyl (C=O) groups excluding carboxylic acids is 1. The van der Waals surface area contributed by atoms with Gasteiger partial charge in [0.1, 0.15) is 10.9 Å². The van der Waals surface area contributed by atoms with Gasteiger partial charge in [-0.25, -0.2) is 0 Å². The molecule has 4 nitrogen and oxygen atoms in total. The van der Waals surface area contributed by atoms with Crippen LogP contribution in [0.3, 0.4) is 0 Å². The molecule has 0 atom stereocenters. The molecule has 0 spiro atoms. The number of hydrogen-bond acceptors (Lipinski definition) is 5. The molecule has 1 aliphatic heterocycles. The summed E-state index contributed by atoms with van der Waals surface area (Å²) in [6, 6.07) is 23.6. The number of ether oxygens (including phenoxy) is 2. The second-order valence-electron chi connectivity index (χ2n) is 7.38. The van der Waals surface area contributed by atoms with Crippen LogP contribution in [0, 0.1) is 6.92 Å². The van der Waals surface area contributed by atoms with E-state index in [1.807, 2.05) is 72.8 Å². The van der Waals surface area contributed by atoms with Gasteiger partial charge in [-0.05, 0) is 47.4 Å². The van der Waals surface area contributed by atoms with Gasteiger partial charge < -0.3 is 9.47 Å². The Labute approximate surface area is 197 Å². The molecule has 0 radical (unpaired) electrons. The van der Waals surface area contributed by atoms with Crippen LogP contribution in [0.5, 0.6) is 11.5 Å². The average molecular weight is 462 g/mol. The molecular weight excluding hydrogens is 438 g/mol. The van der Waals surface area contributed by atoms with E-state index in [-0.39, 0.29) is 5.91 Å². The van der Waals surface area contributed by atoms with Gasteiger partial charge in [0.15, 0.2) is 11.5 Å². The van der Waals surface area contributed by atoms with Crippen LogP contribution in [-0.4, -0.2) is 22.2 Å². The second-order valence-corrected chi connectivity index (χ2v) is 9.05. The molecule has 1 fully saturated rings. The fourth-order valence-corrected chi connectivity index (χ4v) is 4.63. The van der Waals surface area contributed by atoms with E-state index in [1.54, 1.807) is 12.0 Å². The van der Waals surface area contributed by atoms with E-state index in [4.69, 9.17) is 21.7 Å². The maximum absolute atomic E-state index is 12.9. The SMILES string of the molecule is COc1cc(/C=C2\SC(=S)N(Cc3ccccc3)C2=O)ccc1OCc1ccccc1C. The van der Waals surface area contributed by atoms with Crippen molar-refractivity contribution in [3.8, 4) is 11.5 Å². The van der Waals surface area contributed by atoms with Crippen LogP contribution < -0.4 is 9.47 Å². The van der Waals surface area contributed by atoms with E-state index < -0.39 is 0 Å². The number of carbonyl (C=O) groups is 1. The van der Waals surface area contributed by atoms with E-state index in [0.29, 0.717) is 33.9 Å². The first-order valence-corrected chi connectivity index (χ1v) is 11.4. The summed E-state index contributed by atoms with van der Waals surface area (Å²) in [4.78, 5) is 15.2. The minimum atomic E-state index is -0.0808. The van der Waals surface area contributed by atoms with Gasteiger partial charge in [0, 0.05) is 0 Å². The summed E-state index contributed by atoms with van der Waals surface area (Å²) < 4.78 is 12.1. The number of nitrogens with zero attached hydrogens (tertiary/aromatic N) is 1. The standard InChI is InChI=1S/C26H23NO3S2/c1-18-8-6-7-11-21(18)17-30-22-13-12-20(14-23(22)29-2)15-24-25(28)27(26(31)32-24)16-19-9-4-3-5-10-19/h3-15H,16-17H2,1-2H3/b24-15-. The zero-order chi connectivity index (χ0) is 22.5. The molecular formula is C26H23NO3S2. The lowest BCUT2D eigenvalue weighted by Crippen LogP contribution is -2.27. The molecule has 32 heavy (non-hydrogen) atoms. The molecule has 0 N–H and O–H groups in total. The van der Waals surface area contributed by atoms with Crippen molar-refractivity contribution in [1.82, 2.24) is 4.90 Å². The second kappa shape index (κ2) is 10.0. The van der Waals surface area contributed by atoms with Crippen molar-refractivity contribution in [2.45, 2.75) is 20.1 Å². The number of hydrogen-bond donors (Lipinski definition) is 0. The Bertz CT molecular complexity index is 1170. The van der Waals surface area contributed by atoms with Crippen LogP contribution >= 0.6 is 24.0 Å². The van der Waals surface area contributed by atoms with Crippen molar-refractivity contribution in [3.63, 3.8) is 0 Å². The lowest BCUT2D eigenvalue weighted by atomic mass is 10.1. The number of benzene rings is 3. The fraction of sp³-hybridized carbons (Fsp3) is 0.154. The topological polar surface area (TPSA) is 38.8 Å². The maximum Gasteiger partial charge on any atom is 0.266 e. The Morgan fingerprint density at radius 1 is 1.00 bits per heavy atom. The van der Waals surface area contributed by atoms with Crippen LogP contribution in [0.4, 0.5) is 0 Å². The summed E-state index contributed by atoms with van der Waals surface area (Å²) in [6.07, 6.45) is 1.85. The first-order chi connectivity index (χ1) is 15.5. The minimum Gasteiger partial charge on any atom is -0.493 e. The number of thiocarbonyl (C=S) groups is 1. The summed E-state index contributed by atoms with van der Waals surface area (Å²) in [5, 5.41) is 0. The van der Waals surface area contributed by atoms with Crippen molar-refractivity contribution in [3.05, 3.63) is 100.0 Å². The van der Waals surface area contributed by atoms with Gasteiger partial charge in [0.05, 0.1) is 18.6 Å². The van der Waals surface area contributed by atoms with Crippen LogP contribution in [0.25, 0.3) is 6.08 Å². The average Bonchev–Trinajstić information content (AvgIpc) is 3.07. The lowest BCUT2D eigenvalue weighted by Gasteiger charge is -2.14. The molecule has 4 rings (SSSR count). The third kappa shape index (κ3) is 5.03. The highest BCUT2D eigenvalue weighted by Gasteiger charge is 2.32. The minimum absolute atomic E-state index is 0.0808. The number of methoxy groups -OCH3 is 1. The largest absolute Gasteiger partial charge is 0.493 e. The number of aryl methyl sites for hydroxylation is 1. The van der Waals surface area contributed by atoms with Crippen molar-refractivity contribution in [2.75, 3.05) is 7.11 Å². The molecule has 1 heterocycles. The number of amides is 1. The summed E-state index contributed by atoms with van der Waals surface area (Å²) in [6.45, 7) is 2.99. The van der Waals surface area contributed by atoms with Crippen LogP contribution in [-0.2, 0) is 17.9 Å². The highest BCUT2D eigenvalue weighted by molar-refractivity contribution is 8.26. The lowest BCUT2D eigenvalue weighted by molar-refractivity contribution is -0.122. The Balaban J connectivity index is 1.49. The molecule has 1 amide bonds. The van der Waals surface area contributed by atoms with Crippen molar-refractivity contribution < 1.29 is 14.3 Å². The molecule has 0 saturated carbocycles. The highest BCUT2D eigenvalue weighted by Crippen LogP contribution is 2.35. The van der Waals surface area contributed by atoms with Gasteiger partial charge in [-0.1, -0.05) is 84.6 Å². The van der Waals surface area contributed by atoms with E-state index in [2.05, 4.69) is 13.0 Å². The third-order valence-electron chi connectivity index (χ3n) is 5.19. The third-order valence-corrected chi connectivity index (χ3v) is 6.56. The Morgan fingerprint density at radius 2 is 1.75 bits per heavy atom. The molecule has 0 aliphatic carbocycles. The molecule has 0 unspecified atom stereocenters. The fourth-order valence-electron chi connectivity index (χ4n) is 3.37. The smallest absolute Gasteiger partial charge is 0.266 e. The quantitative estimate of drug-likeness (QED) is 0.319. The monoisotopic (exact) mass is 461 g/mol. The van der Waals surface area contributed by atoms with E-state index in [9.17, 15) is 4.79 Å². The maximum atomic E-state index is 12.9. The van der Waals surface area contributed by atoms with Gasteiger partial charge in [-0.2, -0.15) is 0 Å². The van der Waals surface area contributed by atoms with E-state index in [0.717, 1.165) is 16.7 Å². The molecule has 3 aromatic carbocycles. The molecule has 1 aliphatic rings. The van der Waals surface area contributed by atoms with Crippen molar-refractivity contribution >= 4 is 40.3 Å². The van der Waals surface area contributed by atoms with E-state index >= 15 is 0 Å². The molecule has 3 aromatic rings. The Hall–Kier alpha value is -3.09. The number of thioether (sulfide) groups is 1. The van der Waals surface area contributed by atoms with Crippen molar-refractivity contribution in [2.24, 2.45) is 0 Å². The first-order valence-electron chi connectivity index (χ1n) is 10.2. The summed E-state index contributed by atoms with van der Waals surface area (Å²) in [5.41, 5.74) is 4.20. The van der Waals surface area contributed by atoms with Crippen LogP contribution in [0.15, 0.2) is 77.7 Å². The van der Waals surface area contributed by atoms with Gasteiger partial charge in [-0.3, -0.25) is 9.69 Å². The van der Waals surface area contributed by atoms with Crippen LogP contribution in [0.2, 0.25) is 0 Å². The highest BCUT2D eigenvalue weighted by atomic mass is 32.2. The first kappa shape index (κ1) is 22.1. The summed E-state index contributed by atoms with van der Waals surface area (Å²) >= 11 is 6.77. The summed E-state index contributed by atoms with van der Waals surface area (Å²) in [7, 11) is 1.61. The van der Waals surface area contributed by atoms with Gasteiger partial charge in [0.25, 0.3) is 5.91 Å². The zero-order valence-corrected chi connectivity index (χ0v) is 19.5. The summed E-state index contributed by atoms with van der Waals surface area (Å²) in [5.74, 6) is 1.19. The Kier molecular flexibility index (Phi) is 6.93. The van der Waals surface area contributed by atoms with Crippen molar-refractivity contribution in [1.29, 1.82) is 0 Å². The molecule has 6 heteroatoms. The predicted octanol–water partition coefficient (Wildman–Crippen LogP) is 5.98. The molecule has 162 valence electrons. The van der Waals surface area contributed by atoms with Gasteiger partial charge in [-0.15, -0.1) is 0 Å². The molecule has 0 bridgehead atoms. The molecule has 1 saturated heterocycles. The van der Waals surface area contributed by atoms with Gasteiger partial charge in [0.2, 0.25) is 0 Å². The van der Waals surface area contributed by atoms with Crippen LogP contribution in [0.1, 0.15) is 22.3 Å². The predicted molar refractivity (Wildman–Crippen MR) is 134 cm³/mol. The Morgan fingerprint density at radius 3 is 2.50 bits per heavy atom. The molecule has 0 aromatic heterocycles. The normalized spacial score (nSPS) is 14.8. The number of rotatable bonds is 7.